The molecule has 3 heterocycles. The molecular formula is C21H24N4O3. The molecule has 2 N–H and O–H groups in total. The molecule has 0 spiro atoms. The van der Waals surface area contributed by atoms with E-state index in [0.717, 1.165) is 39.4 Å². The van der Waals surface area contributed by atoms with Crippen LogP contribution in [0.1, 0.15) is 38.3 Å². The number of imidazole rings is 1. The number of anilines is 1. The molecule has 0 saturated heterocycles. The van der Waals surface area contributed by atoms with Gasteiger partial charge in [0.05, 0.1) is 5.69 Å². The lowest BCUT2D eigenvalue weighted by Crippen LogP contribution is -2.27. The zero-order chi connectivity index (χ0) is 20.1. The third-order valence-corrected chi connectivity index (χ3v) is 4.58. The van der Waals surface area contributed by atoms with E-state index in [9.17, 15) is 5.11 Å². The molecule has 0 radical (unpaired) electrons. The van der Waals surface area contributed by atoms with Crippen LogP contribution in [-0.4, -0.2) is 32.3 Å². The lowest BCUT2D eigenvalue weighted by Gasteiger charge is -2.22. The molecule has 4 aromatic rings. The Bertz CT molecular complexity index is 1150. The number of methoxy groups -OCH3 is 1. The summed E-state index contributed by atoms with van der Waals surface area (Å²) in [5.41, 5.74) is 4.59. The lowest BCUT2D eigenvalue weighted by molar-refractivity contribution is -0.0769. The minimum atomic E-state index is -0.986. The molecule has 1 aromatic carbocycles. The number of fused-ring (bicyclic) bond motifs is 2. The molecule has 7 nitrogen and oxygen atoms in total. The second-order valence-electron chi connectivity index (χ2n) is 7.94. The Morgan fingerprint density at radius 3 is 2.71 bits per heavy atom. The van der Waals surface area contributed by atoms with Gasteiger partial charge in [-0.3, -0.25) is 4.40 Å². The van der Waals surface area contributed by atoms with Crippen LogP contribution in [0.25, 0.3) is 27.9 Å². The maximum atomic E-state index is 10.0. The van der Waals surface area contributed by atoms with Crippen molar-refractivity contribution in [3.63, 3.8) is 0 Å². The fourth-order valence-electron chi connectivity index (χ4n) is 3.23. The van der Waals surface area contributed by atoms with Crippen LogP contribution in [0, 0.1) is 6.92 Å². The highest BCUT2D eigenvalue weighted by molar-refractivity contribution is 5.87. The number of hydrogen-bond donors (Lipinski definition) is 2. The van der Waals surface area contributed by atoms with Crippen molar-refractivity contribution in [2.75, 3.05) is 12.4 Å². The summed E-state index contributed by atoms with van der Waals surface area (Å²) in [6, 6.07) is 9.59. The third-order valence-electron chi connectivity index (χ3n) is 4.58. The molecule has 146 valence electrons. The molecule has 0 aliphatic carbocycles. The molecule has 0 fully saturated rings. The first-order valence-corrected chi connectivity index (χ1v) is 9.14. The number of pyridine rings is 1. The standard InChI is InChI=1S/C21H24N4O3/c1-12-15-10-13(6-7-16(15)28-24-12)18-19(23-21(2,3)4)25-9-8-14(20(26)27-5)11-17(25)22-18/h6-11,20,23,26H,1-5H3. The van der Waals surface area contributed by atoms with Crippen molar-refractivity contribution < 1.29 is 14.4 Å². The molecule has 0 saturated carbocycles. The van der Waals surface area contributed by atoms with E-state index >= 15 is 0 Å². The number of hydrogen-bond acceptors (Lipinski definition) is 6. The molecule has 7 heteroatoms. The van der Waals surface area contributed by atoms with Gasteiger partial charge in [-0.1, -0.05) is 5.16 Å². The Balaban J connectivity index is 1.93. The van der Waals surface area contributed by atoms with Gasteiger partial charge in [-0.2, -0.15) is 0 Å². The monoisotopic (exact) mass is 380 g/mol. The molecular weight excluding hydrogens is 356 g/mol. The number of nitrogens with zero attached hydrogens (tertiary/aromatic N) is 3. The number of aliphatic hydroxyl groups excluding tert-OH is 1. The molecule has 0 bridgehead atoms. The average Bonchev–Trinajstić information content (AvgIpc) is 3.20. The predicted molar refractivity (Wildman–Crippen MR) is 108 cm³/mol. The maximum absolute atomic E-state index is 10.0. The van der Waals surface area contributed by atoms with E-state index in [4.69, 9.17) is 14.2 Å². The average molecular weight is 380 g/mol. The van der Waals surface area contributed by atoms with Gasteiger partial charge < -0.3 is 19.7 Å². The van der Waals surface area contributed by atoms with Crippen LogP contribution < -0.4 is 5.32 Å². The van der Waals surface area contributed by atoms with Gasteiger partial charge in [-0.25, -0.2) is 4.98 Å². The highest BCUT2D eigenvalue weighted by Gasteiger charge is 2.21. The third kappa shape index (κ3) is 3.23. The van der Waals surface area contributed by atoms with Gasteiger partial charge in [0.2, 0.25) is 0 Å². The Morgan fingerprint density at radius 1 is 1.21 bits per heavy atom. The number of ether oxygens (including phenoxy) is 1. The van der Waals surface area contributed by atoms with Crippen LogP contribution in [0.2, 0.25) is 0 Å². The molecule has 0 aliphatic heterocycles. The maximum Gasteiger partial charge on any atom is 0.181 e. The van der Waals surface area contributed by atoms with E-state index < -0.39 is 6.29 Å². The van der Waals surface area contributed by atoms with E-state index in [-0.39, 0.29) is 5.54 Å². The number of aliphatic hydroxyl groups is 1. The summed E-state index contributed by atoms with van der Waals surface area (Å²) < 4.78 is 12.3. The fourth-order valence-corrected chi connectivity index (χ4v) is 3.23. The van der Waals surface area contributed by atoms with Crippen LogP contribution in [-0.2, 0) is 4.74 Å². The lowest BCUT2D eigenvalue weighted by atomic mass is 10.1. The first-order valence-electron chi connectivity index (χ1n) is 9.14. The molecule has 28 heavy (non-hydrogen) atoms. The Hall–Kier alpha value is -2.90. The SMILES string of the molecule is COC(O)c1ccn2c(NC(C)(C)C)c(-c3ccc4onc(C)c4c3)nc2c1. The first-order chi connectivity index (χ1) is 13.3. The van der Waals surface area contributed by atoms with Crippen LogP contribution in [0.15, 0.2) is 41.1 Å². The van der Waals surface area contributed by atoms with E-state index in [0.29, 0.717) is 5.56 Å². The van der Waals surface area contributed by atoms with E-state index in [1.54, 1.807) is 0 Å². The van der Waals surface area contributed by atoms with Gasteiger partial charge in [0.1, 0.15) is 17.2 Å². The molecule has 4 rings (SSSR count). The van der Waals surface area contributed by atoms with Crippen molar-refractivity contribution in [2.24, 2.45) is 0 Å². The molecule has 3 aromatic heterocycles. The quantitative estimate of drug-likeness (QED) is 0.514. The van der Waals surface area contributed by atoms with Crippen molar-refractivity contribution >= 4 is 22.4 Å². The normalized spacial score (nSPS) is 13.4. The fraction of sp³-hybridized carbons (Fsp3) is 0.333. The highest BCUT2D eigenvalue weighted by Crippen LogP contribution is 2.34. The largest absolute Gasteiger partial charge is 0.365 e. The minimum Gasteiger partial charge on any atom is -0.365 e. The van der Waals surface area contributed by atoms with Crippen molar-refractivity contribution in [3.05, 3.63) is 47.8 Å². The Morgan fingerprint density at radius 2 is 2.00 bits per heavy atom. The summed E-state index contributed by atoms with van der Waals surface area (Å²) in [4.78, 5) is 4.85. The summed E-state index contributed by atoms with van der Waals surface area (Å²) in [5.74, 6) is 0.884. The summed E-state index contributed by atoms with van der Waals surface area (Å²) in [5, 5.41) is 18.6. The van der Waals surface area contributed by atoms with Crippen molar-refractivity contribution in [3.8, 4) is 11.3 Å². The minimum absolute atomic E-state index is 0.160. The van der Waals surface area contributed by atoms with Crippen molar-refractivity contribution in [1.29, 1.82) is 0 Å². The number of aryl methyl sites for hydroxylation is 1. The van der Waals surface area contributed by atoms with Crippen LogP contribution >= 0.6 is 0 Å². The van der Waals surface area contributed by atoms with E-state index in [2.05, 4.69) is 31.2 Å². The van der Waals surface area contributed by atoms with Gasteiger partial charge in [0.25, 0.3) is 0 Å². The summed E-state index contributed by atoms with van der Waals surface area (Å²) in [6.45, 7) is 8.23. The zero-order valence-electron chi connectivity index (χ0n) is 16.6. The predicted octanol–water partition coefficient (Wildman–Crippen LogP) is 4.30. The number of aromatic nitrogens is 3. The second kappa shape index (κ2) is 6.61. The second-order valence-corrected chi connectivity index (χ2v) is 7.94. The van der Waals surface area contributed by atoms with E-state index in [1.807, 2.05) is 47.9 Å². The Labute approximate surface area is 162 Å². The molecule has 1 atom stereocenters. The highest BCUT2D eigenvalue weighted by atomic mass is 16.6. The summed E-state index contributed by atoms with van der Waals surface area (Å²) in [6.07, 6.45) is 0.904. The first kappa shape index (κ1) is 18.5. The van der Waals surface area contributed by atoms with Gasteiger partial charge in [0.15, 0.2) is 11.9 Å². The molecule has 0 aliphatic rings. The van der Waals surface area contributed by atoms with Crippen LogP contribution in [0.5, 0.6) is 0 Å². The van der Waals surface area contributed by atoms with Gasteiger partial charge in [0, 0.05) is 35.4 Å². The Kier molecular flexibility index (Phi) is 4.36. The summed E-state index contributed by atoms with van der Waals surface area (Å²) >= 11 is 0. The van der Waals surface area contributed by atoms with Gasteiger partial charge >= 0.3 is 0 Å². The number of benzene rings is 1. The van der Waals surface area contributed by atoms with E-state index in [1.165, 1.54) is 7.11 Å². The van der Waals surface area contributed by atoms with Crippen molar-refractivity contribution in [1.82, 2.24) is 14.5 Å². The van der Waals surface area contributed by atoms with Gasteiger partial charge in [-0.15, -0.1) is 0 Å². The van der Waals surface area contributed by atoms with Gasteiger partial charge in [-0.05, 0) is 58.0 Å². The van der Waals surface area contributed by atoms with Crippen molar-refractivity contribution in [2.45, 2.75) is 39.5 Å². The smallest absolute Gasteiger partial charge is 0.181 e. The molecule has 1 unspecified atom stereocenters. The molecule has 0 amide bonds. The zero-order valence-corrected chi connectivity index (χ0v) is 16.6. The topological polar surface area (TPSA) is 84.8 Å². The number of nitrogens with one attached hydrogen (secondary N) is 1. The number of rotatable bonds is 4. The van der Waals surface area contributed by atoms with Crippen LogP contribution in [0.4, 0.5) is 5.82 Å². The van der Waals surface area contributed by atoms with Crippen LogP contribution in [0.3, 0.4) is 0 Å². The summed E-state index contributed by atoms with van der Waals surface area (Å²) in [7, 11) is 1.47.